The number of benzene rings is 2. The molecule has 2 heterocycles. The van der Waals surface area contributed by atoms with E-state index < -0.39 is 11.8 Å². The van der Waals surface area contributed by atoms with Crippen molar-refractivity contribution in [2.45, 2.75) is 6.92 Å². The molecular formula is C25H23Cl2N5O3. The summed E-state index contributed by atoms with van der Waals surface area (Å²) in [5, 5.41) is 14.2. The van der Waals surface area contributed by atoms with Crippen molar-refractivity contribution in [2.24, 2.45) is 0 Å². The monoisotopic (exact) mass is 511 g/mol. The highest BCUT2D eigenvalue weighted by Gasteiger charge is 2.24. The van der Waals surface area contributed by atoms with Gasteiger partial charge in [0, 0.05) is 35.6 Å². The van der Waals surface area contributed by atoms with E-state index in [0.717, 1.165) is 5.56 Å². The van der Waals surface area contributed by atoms with Crippen LogP contribution in [0.5, 0.6) is 0 Å². The lowest BCUT2D eigenvalue weighted by Gasteiger charge is -2.31. The fourth-order valence-electron chi connectivity index (χ4n) is 3.65. The topological polar surface area (TPSA) is 107 Å². The molecule has 2 aromatic carbocycles. The van der Waals surface area contributed by atoms with Crippen LogP contribution < -0.4 is 15.5 Å². The Morgan fingerprint density at radius 1 is 0.943 bits per heavy atom. The molecular weight excluding hydrogens is 489 g/mol. The van der Waals surface area contributed by atoms with Gasteiger partial charge in [0.15, 0.2) is 0 Å². The van der Waals surface area contributed by atoms with Gasteiger partial charge in [-0.1, -0.05) is 35.3 Å². The first-order valence-corrected chi connectivity index (χ1v) is 11.6. The second kappa shape index (κ2) is 10.9. The fourth-order valence-corrected chi connectivity index (χ4v) is 3.97. The van der Waals surface area contributed by atoms with E-state index in [1.54, 1.807) is 49.4 Å². The molecule has 0 unspecified atom stereocenters. The van der Waals surface area contributed by atoms with Crippen molar-refractivity contribution in [1.29, 1.82) is 5.41 Å². The lowest BCUT2D eigenvalue weighted by atomic mass is 10.1. The molecule has 1 aliphatic rings. The first-order chi connectivity index (χ1) is 16.8. The summed E-state index contributed by atoms with van der Waals surface area (Å²) in [6.07, 6.45) is 1.43. The first-order valence-electron chi connectivity index (χ1n) is 10.9. The zero-order valence-corrected chi connectivity index (χ0v) is 20.4. The van der Waals surface area contributed by atoms with Gasteiger partial charge in [-0.15, -0.1) is 0 Å². The summed E-state index contributed by atoms with van der Waals surface area (Å²) in [6.45, 7) is 3.87. The zero-order valence-electron chi connectivity index (χ0n) is 18.9. The van der Waals surface area contributed by atoms with Crippen molar-refractivity contribution in [3.05, 3.63) is 81.5 Å². The highest BCUT2D eigenvalue weighted by molar-refractivity contribution is 6.32. The Kier molecular flexibility index (Phi) is 7.65. The molecule has 1 saturated heterocycles. The molecule has 0 aliphatic carbocycles. The fraction of sp³-hybridized carbons (Fsp3) is 0.200. The summed E-state index contributed by atoms with van der Waals surface area (Å²) >= 11 is 12.3. The Hall–Kier alpha value is -3.46. The quantitative estimate of drug-likeness (QED) is 0.398. The van der Waals surface area contributed by atoms with E-state index in [1.165, 1.54) is 12.3 Å². The van der Waals surface area contributed by atoms with Crippen molar-refractivity contribution < 1.29 is 14.3 Å². The van der Waals surface area contributed by atoms with Gasteiger partial charge in [0.25, 0.3) is 11.8 Å². The largest absolute Gasteiger partial charge is 0.378 e. The van der Waals surface area contributed by atoms with Crippen LogP contribution in [0.1, 0.15) is 33.2 Å². The van der Waals surface area contributed by atoms with Crippen LogP contribution in [0.4, 0.5) is 17.2 Å². The van der Waals surface area contributed by atoms with Gasteiger partial charge >= 0.3 is 0 Å². The lowest BCUT2D eigenvalue weighted by molar-refractivity contribution is 0.102. The molecule has 180 valence electrons. The number of anilines is 3. The maximum atomic E-state index is 13.3. The number of hydrogen-bond acceptors (Lipinski definition) is 6. The molecule has 8 nitrogen and oxygen atoms in total. The van der Waals surface area contributed by atoms with E-state index in [2.05, 4.69) is 15.6 Å². The second-order valence-corrected chi connectivity index (χ2v) is 8.79. The Bertz CT molecular complexity index is 1260. The first kappa shape index (κ1) is 24.7. The smallest absolute Gasteiger partial charge is 0.259 e. The average molecular weight is 512 g/mol. The third kappa shape index (κ3) is 5.97. The third-order valence-corrected chi connectivity index (χ3v) is 5.91. The summed E-state index contributed by atoms with van der Waals surface area (Å²) in [6, 6.07) is 13.1. The normalized spacial score (nSPS) is 13.3. The zero-order chi connectivity index (χ0) is 24.9. The van der Waals surface area contributed by atoms with Gasteiger partial charge in [-0.2, -0.15) is 0 Å². The molecule has 10 heteroatoms. The Morgan fingerprint density at radius 3 is 2.26 bits per heavy atom. The van der Waals surface area contributed by atoms with Crippen LogP contribution in [0.2, 0.25) is 10.0 Å². The molecule has 3 N–H and O–H groups in total. The number of amides is 2. The molecule has 2 amide bonds. The van der Waals surface area contributed by atoms with Crippen molar-refractivity contribution in [1.82, 2.24) is 4.98 Å². The minimum Gasteiger partial charge on any atom is -0.378 e. The summed E-state index contributed by atoms with van der Waals surface area (Å²) in [7, 11) is 0. The number of carbonyl (C=O) groups is 2. The number of hydrogen-bond donors (Lipinski definition) is 3. The molecule has 1 aliphatic heterocycles. The van der Waals surface area contributed by atoms with Crippen LogP contribution in [0, 0.1) is 5.41 Å². The molecule has 0 bridgehead atoms. The van der Waals surface area contributed by atoms with Gasteiger partial charge in [0.2, 0.25) is 0 Å². The van der Waals surface area contributed by atoms with Crippen molar-refractivity contribution in [3.8, 4) is 0 Å². The van der Waals surface area contributed by atoms with E-state index in [0.29, 0.717) is 64.8 Å². The van der Waals surface area contributed by atoms with Gasteiger partial charge in [-0.25, -0.2) is 4.98 Å². The SMILES string of the molecule is CC(=N)c1ccc(C(=O)Nc2c(C(=O)Nc3ccc(Cl)cn3)cc(Cl)cc2N2CCOCC2)cc1. The number of nitrogens with zero attached hydrogens (tertiary/aromatic N) is 2. The molecule has 1 aromatic heterocycles. The lowest BCUT2D eigenvalue weighted by Crippen LogP contribution is -2.37. The molecule has 0 saturated carbocycles. The van der Waals surface area contributed by atoms with Crippen molar-refractivity contribution in [3.63, 3.8) is 0 Å². The number of ether oxygens (including phenoxy) is 1. The van der Waals surface area contributed by atoms with E-state index in [9.17, 15) is 9.59 Å². The van der Waals surface area contributed by atoms with Crippen LogP contribution in [0.15, 0.2) is 54.7 Å². The maximum Gasteiger partial charge on any atom is 0.259 e. The standard InChI is InChI=1S/C25H23Cl2N5O3/c1-15(28)16-2-4-17(5-3-16)24(33)31-23-20(25(34)30-22-7-6-18(26)14-29-22)12-19(27)13-21(23)32-8-10-35-11-9-32/h2-7,12-14,28H,8-11H2,1H3,(H,31,33)(H,29,30,34). The minimum atomic E-state index is -0.484. The van der Waals surface area contributed by atoms with Gasteiger partial charge < -0.3 is 25.7 Å². The Labute approximate surface area is 212 Å². The Morgan fingerprint density at radius 2 is 1.63 bits per heavy atom. The van der Waals surface area contributed by atoms with Crippen molar-refractivity contribution >= 4 is 57.9 Å². The average Bonchev–Trinajstić information content (AvgIpc) is 2.86. The summed E-state index contributed by atoms with van der Waals surface area (Å²) in [5.41, 5.74) is 2.66. The minimum absolute atomic E-state index is 0.191. The molecule has 4 rings (SSSR count). The number of halogens is 2. The number of pyridine rings is 1. The number of morpholine rings is 1. The molecule has 0 radical (unpaired) electrons. The highest BCUT2D eigenvalue weighted by atomic mass is 35.5. The molecule has 3 aromatic rings. The van der Waals surface area contributed by atoms with E-state index in [-0.39, 0.29) is 5.56 Å². The number of rotatable bonds is 6. The van der Waals surface area contributed by atoms with E-state index >= 15 is 0 Å². The van der Waals surface area contributed by atoms with Crippen LogP contribution in [0.25, 0.3) is 0 Å². The van der Waals surface area contributed by atoms with E-state index in [4.69, 9.17) is 33.3 Å². The molecule has 0 spiro atoms. The van der Waals surface area contributed by atoms with Crippen LogP contribution in [0.3, 0.4) is 0 Å². The molecule has 1 fully saturated rings. The number of carbonyl (C=O) groups excluding carboxylic acids is 2. The predicted molar refractivity (Wildman–Crippen MR) is 139 cm³/mol. The van der Waals surface area contributed by atoms with Crippen LogP contribution in [-0.2, 0) is 4.74 Å². The second-order valence-electron chi connectivity index (χ2n) is 7.92. The highest BCUT2D eigenvalue weighted by Crippen LogP contribution is 2.35. The van der Waals surface area contributed by atoms with Gasteiger partial charge in [-0.3, -0.25) is 9.59 Å². The van der Waals surface area contributed by atoms with Crippen LogP contribution in [-0.4, -0.2) is 48.8 Å². The van der Waals surface area contributed by atoms with E-state index in [1.807, 2.05) is 4.90 Å². The molecule has 0 atom stereocenters. The van der Waals surface area contributed by atoms with Gasteiger partial charge in [-0.05, 0) is 48.9 Å². The van der Waals surface area contributed by atoms with Gasteiger partial charge in [0.05, 0.1) is 35.2 Å². The summed E-state index contributed by atoms with van der Waals surface area (Å²) < 4.78 is 5.46. The summed E-state index contributed by atoms with van der Waals surface area (Å²) in [4.78, 5) is 32.6. The maximum absolute atomic E-state index is 13.3. The Balaban J connectivity index is 1.71. The number of nitrogens with one attached hydrogen (secondary N) is 3. The van der Waals surface area contributed by atoms with Gasteiger partial charge in [0.1, 0.15) is 5.82 Å². The van der Waals surface area contributed by atoms with Crippen molar-refractivity contribution in [2.75, 3.05) is 41.8 Å². The third-order valence-electron chi connectivity index (χ3n) is 5.47. The summed E-state index contributed by atoms with van der Waals surface area (Å²) in [5.74, 6) is -0.571. The number of aromatic nitrogens is 1. The predicted octanol–water partition coefficient (Wildman–Crippen LogP) is 5.12. The molecule has 35 heavy (non-hydrogen) atoms. The van der Waals surface area contributed by atoms with Crippen LogP contribution >= 0.6 is 23.2 Å².